The van der Waals surface area contributed by atoms with Gasteiger partial charge in [-0.1, -0.05) is 36.4 Å². The highest BCUT2D eigenvalue weighted by Gasteiger charge is 2.21. The third-order valence-electron chi connectivity index (χ3n) is 3.78. The van der Waals surface area contributed by atoms with Gasteiger partial charge >= 0.3 is 5.97 Å². The third kappa shape index (κ3) is 4.29. The zero-order valence-corrected chi connectivity index (χ0v) is 15.2. The lowest BCUT2D eigenvalue weighted by Gasteiger charge is -2.10. The Morgan fingerprint density at radius 2 is 1.78 bits per heavy atom. The largest absolute Gasteiger partial charge is 0.459 e. The average Bonchev–Trinajstić information content (AvgIpc) is 2.66. The summed E-state index contributed by atoms with van der Waals surface area (Å²) in [5.74, 6) is -1.24. The van der Waals surface area contributed by atoms with Gasteiger partial charge in [0.15, 0.2) is 0 Å². The van der Waals surface area contributed by atoms with Crippen LogP contribution >= 0.6 is 0 Å². The van der Waals surface area contributed by atoms with Crippen molar-refractivity contribution >= 4 is 32.7 Å². The lowest BCUT2D eigenvalue weighted by molar-refractivity contribution is -0.142. The Labute approximate surface area is 156 Å². The van der Waals surface area contributed by atoms with Crippen molar-refractivity contribution in [3.8, 4) is 0 Å². The Bertz CT molecular complexity index is 1100. The van der Waals surface area contributed by atoms with Gasteiger partial charge in [-0.3, -0.25) is 14.6 Å². The van der Waals surface area contributed by atoms with E-state index < -0.39 is 21.9 Å². The molecule has 1 amide bonds. The van der Waals surface area contributed by atoms with E-state index in [2.05, 4.69) is 9.71 Å². The summed E-state index contributed by atoms with van der Waals surface area (Å²) in [6.45, 7) is 1.26. The Morgan fingerprint density at radius 3 is 2.48 bits per heavy atom. The maximum Gasteiger partial charge on any atom is 0.303 e. The molecule has 0 radical (unpaired) electrons. The van der Waals surface area contributed by atoms with Crippen molar-refractivity contribution in [2.24, 2.45) is 0 Å². The molecule has 0 aliphatic rings. The van der Waals surface area contributed by atoms with E-state index in [-0.39, 0.29) is 17.1 Å². The average molecular weight is 384 g/mol. The molecule has 3 aromatic rings. The molecule has 1 aromatic heterocycles. The number of aromatic nitrogens is 1. The summed E-state index contributed by atoms with van der Waals surface area (Å²) in [6.07, 6.45) is 1.23. The molecule has 0 fully saturated rings. The highest BCUT2D eigenvalue weighted by Crippen LogP contribution is 2.22. The minimum atomic E-state index is -4.06. The summed E-state index contributed by atoms with van der Waals surface area (Å²) in [5.41, 5.74) is 0.518. The van der Waals surface area contributed by atoms with Gasteiger partial charge in [-0.15, -0.1) is 0 Å². The van der Waals surface area contributed by atoms with Crippen LogP contribution < -0.4 is 4.72 Å². The van der Waals surface area contributed by atoms with Crippen molar-refractivity contribution in [2.75, 3.05) is 0 Å². The lowest BCUT2D eigenvalue weighted by Crippen LogP contribution is -2.30. The summed E-state index contributed by atoms with van der Waals surface area (Å²) in [7, 11) is -4.06. The van der Waals surface area contributed by atoms with Gasteiger partial charge in [-0.25, -0.2) is 13.1 Å². The van der Waals surface area contributed by atoms with E-state index in [0.717, 1.165) is 5.39 Å². The highest BCUT2D eigenvalue weighted by molar-refractivity contribution is 7.90. The SMILES string of the molecule is CC(=O)OCc1ccc(C(=O)NS(=O)(=O)c2cccc3ccccc23)cn1. The van der Waals surface area contributed by atoms with E-state index in [0.29, 0.717) is 11.1 Å². The standard InChI is InChI=1S/C19H16N2O5S/c1-13(22)26-12-16-10-9-15(11-20-16)19(23)21-27(24,25)18-8-4-6-14-5-2-3-7-17(14)18/h2-11H,12H2,1H3,(H,21,23). The molecule has 0 bridgehead atoms. The summed E-state index contributed by atoms with van der Waals surface area (Å²) in [4.78, 5) is 27.1. The number of sulfonamides is 1. The zero-order chi connectivity index (χ0) is 19.4. The van der Waals surface area contributed by atoms with Crippen LogP contribution in [0.5, 0.6) is 0 Å². The number of esters is 1. The van der Waals surface area contributed by atoms with Crippen molar-refractivity contribution in [2.45, 2.75) is 18.4 Å². The number of amides is 1. The van der Waals surface area contributed by atoms with E-state index in [1.807, 2.05) is 0 Å². The van der Waals surface area contributed by atoms with Gasteiger partial charge in [-0.2, -0.15) is 0 Å². The fourth-order valence-corrected chi connectivity index (χ4v) is 3.69. The number of rotatable bonds is 5. The quantitative estimate of drug-likeness (QED) is 0.678. The second-order valence-corrected chi connectivity index (χ2v) is 7.38. The molecule has 1 N–H and O–H groups in total. The maximum absolute atomic E-state index is 12.7. The number of carbonyl (C=O) groups excluding carboxylic acids is 2. The van der Waals surface area contributed by atoms with Crippen LogP contribution in [0.25, 0.3) is 10.8 Å². The predicted molar refractivity (Wildman–Crippen MR) is 98.3 cm³/mol. The first-order chi connectivity index (χ1) is 12.9. The van der Waals surface area contributed by atoms with Gasteiger partial charge < -0.3 is 4.74 Å². The van der Waals surface area contributed by atoms with Gasteiger partial charge in [0, 0.05) is 18.5 Å². The molecule has 0 aliphatic heterocycles. The van der Waals surface area contributed by atoms with Crippen LogP contribution in [0.2, 0.25) is 0 Å². The highest BCUT2D eigenvalue weighted by atomic mass is 32.2. The van der Waals surface area contributed by atoms with E-state index >= 15 is 0 Å². The molecular formula is C19H16N2O5S. The van der Waals surface area contributed by atoms with Gasteiger partial charge in [0.05, 0.1) is 16.2 Å². The number of benzene rings is 2. The van der Waals surface area contributed by atoms with Crippen LogP contribution in [0.3, 0.4) is 0 Å². The monoisotopic (exact) mass is 384 g/mol. The van der Waals surface area contributed by atoms with Crippen molar-refractivity contribution in [3.05, 3.63) is 72.1 Å². The number of nitrogens with one attached hydrogen (secondary N) is 1. The van der Waals surface area contributed by atoms with Gasteiger partial charge in [0.2, 0.25) is 0 Å². The van der Waals surface area contributed by atoms with Crippen molar-refractivity contribution in [1.82, 2.24) is 9.71 Å². The van der Waals surface area contributed by atoms with E-state index in [9.17, 15) is 18.0 Å². The number of pyridine rings is 1. The summed E-state index contributed by atoms with van der Waals surface area (Å²) >= 11 is 0. The minimum absolute atomic E-state index is 0.0217. The van der Waals surface area contributed by atoms with Crippen LogP contribution in [-0.2, 0) is 26.2 Å². The first kappa shape index (κ1) is 18.5. The molecule has 0 aliphatic carbocycles. The number of fused-ring (bicyclic) bond motifs is 1. The fourth-order valence-electron chi connectivity index (χ4n) is 2.49. The zero-order valence-electron chi connectivity index (χ0n) is 14.4. The van der Waals surface area contributed by atoms with E-state index in [1.165, 1.54) is 31.3 Å². The van der Waals surface area contributed by atoms with Crippen LogP contribution in [0, 0.1) is 0 Å². The molecule has 8 heteroatoms. The lowest BCUT2D eigenvalue weighted by atomic mass is 10.1. The molecule has 27 heavy (non-hydrogen) atoms. The molecule has 0 spiro atoms. The molecule has 3 rings (SSSR count). The van der Waals surface area contributed by atoms with Gasteiger partial charge in [-0.05, 0) is 23.6 Å². The Morgan fingerprint density at radius 1 is 1.04 bits per heavy atom. The molecule has 138 valence electrons. The maximum atomic E-state index is 12.7. The summed E-state index contributed by atoms with van der Waals surface area (Å²) in [5, 5.41) is 1.28. The third-order valence-corrected chi connectivity index (χ3v) is 5.17. The van der Waals surface area contributed by atoms with Crippen LogP contribution in [-0.4, -0.2) is 25.3 Å². The molecular weight excluding hydrogens is 368 g/mol. The number of hydrogen-bond acceptors (Lipinski definition) is 6. The molecule has 0 saturated carbocycles. The van der Waals surface area contributed by atoms with Crippen LogP contribution in [0.4, 0.5) is 0 Å². The predicted octanol–water partition coefficient (Wildman–Crippen LogP) is 2.42. The Kier molecular flexibility index (Phi) is 5.18. The van der Waals surface area contributed by atoms with Crippen molar-refractivity contribution in [1.29, 1.82) is 0 Å². The number of carbonyl (C=O) groups is 2. The first-order valence-corrected chi connectivity index (χ1v) is 9.48. The fraction of sp³-hybridized carbons (Fsp3) is 0.105. The van der Waals surface area contributed by atoms with Crippen LogP contribution in [0.1, 0.15) is 23.0 Å². The topological polar surface area (TPSA) is 102 Å². The second kappa shape index (κ2) is 7.55. The molecule has 0 saturated heterocycles. The number of ether oxygens (including phenoxy) is 1. The summed E-state index contributed by atoms with van der Waals surface area (Å²) in [6, 6.07) is 14.8. The Balaban J connectivity index is 1.81. The molecule has 1 heterocycles. The molecule has 2 aromatic carbocycles. The Hall–Kier alpha value is -3.26. The smallest absolute Gasteiger partial charge is 0.303 e. The normalized spacial score (nSPS) is 11.1. The molecule has 7 nitrogen and oxygen atoms in total. The van der Waals surface area contributed by atoms with Gasteiger partial charge in [0.1, 0.15) is 6.61 Å². The number of hydrogen-bond donors (Lipinski definition) is 1. The van der Waals surface area contributed by atoms with Crippen molar-refractivity contribution < 1.29 is 22.7 Å². The van der Waals surface area contributed by atoms with Crippen LogP contribution in [0.15, 0.2) is 65.7 Å². The van der Waals surface area contributed by atoms with E-state index in [4.69, 9.17) is 4.74 Å². The second-order valence-electron chi connectivity index (χ2n) is 5.73. The first-order valence-electron chi connectivity index (χ1n) is 8.00. The van der Waals surface area contributed by atoms with E-state index in [1.54, 1.807) is 36.4 Å². The number of nitrogens with zero attached hydrogens (tertiary/aromatic N) is 1. The summed E-state index contributed by atoms with van der Waals surface area (Å²) < 4.78 is 32.2. The van der Waals surface area contributed by atoms with Crippen molar-refractivity contribution in [3.63, 3.8) is 0 Å². The van der Waals surface area contributed by atoms with Gasteiger partial charge in [0.25, 0.3) is 15.9 Å². The minimum Gasteiger partial charge on any atom is -0.459 e. The molecule has 0 unspecified atom stereocenters. The molecule has 0 atom stereocenters.